The van der Waals surface area contributed by atoms with Gasteiger partial charge in [-0.05, 0) is 12.1 Å². The molecule has 0 unspecified atom stereocenters. The van der Waals surface area contributed by atoms with Gasteiger partial charge < -0.3 is 19.7 Å². The summed E-state index contributed by atoms with van der Waals surface area (Å²) in [6.07, 6.45) is 0. The standard InChI is InChI=1S/C19H22N2O3S/c1-13-11-21(17-6-4-5-7-18(17)25-13)12-19(22)20-14-8-15(23-2)10-16(9-14)24-3/h4-10,13H,11-12H2,1-3H3,(H,20,22)/t13-/m0/s1. The van der Waals surface area contributed by atoms with E-state index in [0.29, 0.717) is 29.0 Å². The number of carbonyl (C=O) groups excluding carboxylic acids is 1. The van der Waals surface area contributed by atoms with E-state index in [9.17, 15) is 4.79 Å². The third-order valence-electron chi connectivity index (χ3n) is 3.98. The van der Waals surface area contributed by atoms with Crippen molar-refractivity contribution in [3.63, 3.8) is 0 Å². The van der Waals surface area contributed by atoms with Gasteiger partial charge in [0.2, 0.25) is 5.91 Å². The number of ether oxygens (including phenoxy) is 2. The summed E-state index contributed by atoms with van der Waals surface area (Å²) in [6, 6.07) is 13.5. The molecule has 0 fully saturated rings. The van der Waals surface area contributed by atoms with Crippen LogP contribution in [0.4, 0.5) is 11.4 Å². The first-order valence-electron chi connectivity index (χ1n) is 8.12. The molecule has 3 rings (SSSR count). The Bertz CT molecular complexity index is 744. The van der Waals surface area contributed by atoms with Gasteiger partial charge in [0, 0.05) is 40.6 Å². The molecule has 25 heavy (non-hydrogen) atoms. The van der Waals surface area contributed by atoms with Crippen molar-refractivity contribution >= 4 is 29.0 Å². The first-order valence-corrected chi connectivity index (χ1v) is 9.00. The van der Waals surface area contributed by atoms with Gasteiger partial charge in [-0.3, -0.25) is 4.79 Å². The van der Waals surface area contributed by atoms with Gasteiger partial charge in [0.15, 0.2) is 0 Å². The number of rotatable bonds is 5. The zero-order valence-electron chi connectivity index (χ0n) is 14.6. The number of hydrogen-bond acceptors (Lipinski definition) is 5. The highest BCUT2D eigenvalue weighted by Crippen LogP contribution is 2.37. The molecule has 2 aromatic rings. The average molecular weight is 358 g/mol. The highest BCUT2D eigenvalue weighted by Gasteiger charge is 2.23. The minimum atomic E-state index is -0.0655. The normalized spacial score (nSPS) is 16.1. The van der Waals surface area contributed by atoms with E-state index in [1.165, 1.54) is 4.90 Å². The van der Waals surface area contributed by atoms with Gasteiger partial charge in [0.05, 0.1) is 26.5 Å². The maximum Gasteiger partial charge on any atom is 0.243 e. The van der Waals surface area contributed by atoms with Crippen molar-refractivity contribution in [1.29, 1.82) is 0 Å². The number of carbonyl (C=O) groups is 1. The van der Waals surface area contributed by atoms with Crippen molar-refractivity contribution in [1.82, 2.24) is 0 Å². The van der Waals surface area contributed by atoms with Crippen molar-refractivity contribution in [3.05, 3.63) is 42.5 Å². The van der Waals surface area contributed by atoms with E-state index in [1.54, 1.807) is 32.4 Å². The van der Waals surface area contributed by atoms with Gasteiger partial charge in [-0.1, -0.05) is 19.1 Å². The monoisotopic (exact) mass is 358 g/mol. The first-order chi connectivity index (χ1) is 12.1. The molecule has 0 radical (unpaired) electrons. The number of fused-ring (bicyclic) bond motifs is 1. The van der Waals surface area contributed by atoms with E-state index in [2.05, 4.69) is 29.3 Å². The molecule has 0 saturated heterocycles. The number of benzene rings is 2. The zero-order valence-corrected chi connectivity index (χ0v) is 15.4. The van der Waals surface area contributed by atoms with E-state index >= 15 is 0 Å². The minimum Gasteiger partial charge on any atom is -0.497 e. The average Bonchev–Trinajstić information content (AvgIpc) is 2.61. The largest absolute Gasteiger partial charge is 0.497 e. The lowest BCUT2D eigenvalue weighted by atomic mass is 10.2. The maximum absolute atomic E-state index is 12.6. The molecule has 1 heterocycles. The fourth-order valence-corrected chi connectivity index (χ4v) is 4.05. The van der Waals surface area contributed by atoms with E-state index < -0.39 is 0 Å². The predicted octanol–water partition coefficient (Wildman–Crippen LogP) is 3.64. The van der Waals surface area contributed by atoms with Crippen molar-refractivity contribution < 1.29 is 14.3 Å². The molecule has 1 aliphatic rings. The van der Waals surface area contributed by atoms with Crippen LogP contribution in [0.25, 0.3) is 0 Å². The second-order valence-corrected chi connectivity index (χ2v) is 7.41. The van der Waals surface area contributed by atoms with Crippen LogP contribution >= 0.6 is 11.8 Å². The van der Waals surface area contributed by atoms with Crippen LogP contribution in [0.1, 0.15) is 6.92 Å². The second kappa shape index (κ2) is 7.70. The van der Waals surface area contributed by atoms with Crippen LogP contribution in [-0.4, -0.2) is 38.5 Å². The van der Waals surface area contributed by atoms with Crippen LogP contribution in [0.2, 0.25) is 0 Å². The van der Waals surface area contributed by atoms with Crippen molar-refractivity contribution in [2.75, 3.05) is 37.5 Å². The first kappa shape index (κ1) is 17.5. The fraction of sp³-hybridized carbons (Fsp3) is 0.316. The summed E-state index contributed by atoms with van der Waals surface area (Å²) in [4.78, 5) is 15.9. The summed E-state index contributed by atoms with van der Waals surface area (Å²) in [6.45, 7) is 3.33. The molecule has 1 aliphatic heterocycles. The van der Waals surface area contributed by atoms with E-state index in [-0.39, 0.29) is 5.91 Å². The van der Waals surface area contributed by atoms with E-state index in [4.69, 9.17) is 9.47 Å². The number of amides is 1. The number of anilines is 2. The number of nitrogens with zero attached hydrogens (tertiary/aromatic N) is 1. The van der Waals surface area contributed by atoms with Crippen LogP contribution in [0.3, 0.4) is 0 Å². The van der Waals surface area contributed by atoms with Crippen LogP contribution in [0, 0.1) is 0 Å². The number of para-hydroxylation sites is 1. The van der Waals surface area contributed by atoms with Crippen LogP contribution in [0.5, 0.6) is 11.5 Å². The fourth-order valence-electron chi connectivity index (χ4n) is 2.88. The molecular formula is C19H22N2O3S. The maximum atomic E-state index is 12.6. The number of hydrogen-bond donors (Lipinski definition) is 1. The molecule has 1 amide bonds. The second-order valence-electron chi connectivity index (χ2n) is 5.93. The molecule has 0 aliphatic carbocycles. The van der Waals surface area contributed by atoms with Gasteiger partial charge in [-0.15, -0.1) is 11.8 Å². The Morgan fingerprint density at radius 3 is 2.56 bits per heavy atom. The quantitative estimate of drug-likeness (QED) is 0.884. The van der Waals surface area contributed by atoms with Crippen LogP contribution in [-0.2, 0) is 4.79 Å². The zero-order chi connectivity index (χ0) is 17.8. The molecule has 1 atom stereocenters. The lowest BCUT2D eigenvalue weighted by Crippen LogP contribution is -2.39. The highest BCUT2D eigenvalue weighted by atomic mass is 32.2. The van der Waals surface area contributed by atoms with Crippen molar-refractivity contribution in [3.8, 4) is 11.5 Å². The predicted molar refractivity (Wildman–Crippen MR) is 102 cm³/mol. The topological polar surface area (TPSA) is 50.8 Å². The molecule has 0 bridgehead atoms. The van der Waals surface area contributed by atoms with Crippen molar-refractivity contribution in [2.24, 2.45) is 0 Å². The summed E-state index contributed by atoms with van der Waals surface area (Å²) in [5.41, 5.74) is 1.78. The third kappa shape index (κ3) is 4.20. The highest BCUT2D eigenvalue weighted by molar-refractivity contribution is 8.00. The Kier molecular flexibility index (Phi) is 5.38. The molecule has 0 saturated carbocycles. The lowest BCUT2D eigenvalue weighted by molar-refractivity contribution is -0.115. The summed E-state index contributed by atoms with van der Waals surface area (Å²) in [7, 11) is 3.17. The smallest absolute Gasteiger partial charge is 0.243 e. The van der Waals surface area contributed by atoms with Crippen LogP contribution in [0.15, 0.2) is 47.4 Å². The van der Waals surface area contributed by atoms with Gasteiger partial charge >= 0.3 is 0 Å². The molecule has 0 spiro atoms. The summed E-state index contributed by atoms with van der Waals surface area (Å²) < 4.78 is 10.5. The Labute approximate surface area is 152 Å². The lowest BCUT2D eigenvalue weighted by Gasteiger charge is -2.33. The van der Waals surface area contributed by atoms with Gasteiger partial charge in [0.25, 0.3) is 0 Å². The van der Waals surface area contributed by atoms with E-state index in [1.807, 2.05) is 23.9 Å². The van der Waals surface area contributed by atoms with Gasteiger partial charge in [0.1, 0.15) is 11.5 Å². The number of methoxy groups -OCH3 is 2. The Hall–Kier alpha value is -2.34. The minimum absolute atomic E-state index is 0.0655. The van der Waals surface area contributed by atoms with E-state index in [0.717, 1.165) is 12.2 Å². The molecule has 5 nitrogen and oxygen atoms in total. The SMILES string of the molecule is COc1cc(NC(=O)CN2C[C@H](C)Sc3ccccc32)cc(OC)c1. The Morgan fingerprint density at radius 2 is 1.88 bits per heavy atom. The summed E-state index contributed by atoms with van der Waals surface area (Å²) in [5.74, 6) is 1.22. The molecule has 0 aromatic heterocycles. The number of nitrogens with one attached hydrogen (secondary N) is 1. The summed E-state index contributed by atoms with van der Waals surface area (Å²) in [5, 5.41) is 3.38. The molecule has 6 heteroatoms. The van der Waals surface area contributed by atoms with Crippen LogP contribution < -0.4 is 19.7 Å². The molecule has 1 N–H and O–H groups in total. The molecule has 2 aromatic carbocycles. The number of thioether (sulfide) groups is 1. The van der Waals surface area contributed by atoms with Crippen molar-refractivity contribution in [2.45, 2.75) is 17.1 Å². The van der Waals surface area contributed by atoms with Gasteiger partial charge in [-0.2, -0.15) is 0 Å². The Balaban J connectivity index is 1.73. The van der Waals surface area contributed by atoms with Gasteiger partial charge in [-0.25, -0.2) is 0 Å². The molecule has 132 valence electrons. The summed E-state index contributed by atoms with van der Waals surface area (Å²) >= 11 is 1.85. The third-order valence-corrected chi connectivity index (χ3v) is 5.13. The molecular weight excluding hydrogens is 336 g/mol. The Morgan fingerprint density at radius 1 is 1.20 bits per heavy atom.